The largest absolute Gasteiger partial charge is 0.307 e. The van der Waals surface area contributed by atoms with Crippen LogP contribution in [0, 0.1) is 18.8 Å². The van der Waals surface area contributed by atoms with Crippen LogP contribution in [0.2, 0.25) is 0 Å². The Hall–Kier alpha value is -0.830. The van der Waals surface area contributed by atoms with Crippen LogP contribution in [0.4, 0.5) is 0 Å². The predicted octanol–water partition coefficient (Wildman–Crippen LogP) is 3.59. The summed E-state index contributed by atoms with van der Waals surface area (Å²) in [7, 11) is 2.00. The zero-order valence-corrected chi connectivity index (χ0v) is 13.1. The number of nitrogens with one attached hydrogen (secondary N) is 1. The molecule has 108 valence electrons. The highest BCUT2D eigenvalue weighted by Crippen LogP contribution is 2.32. The molecule has 1 aliphatic rings. The fraction of sp³-hybridized carbons (Fsp3) is 0.812. The molecular weight excluding hydrogens is 234 g/mol. The molecule has 0 spiro atoms. The van der Waals surface area contributed by atoms with Crippen molar-refractivity contribution in [2.75, 3.05) is 0 Å². The van der Waals surface area contributed by atoms with E-state index in [2.05, 4.69) is 44.3 Å². The Bertz CT molecular complexity index is 408. The van der Waals surface area contributed by atoms with Crippen molar-refractivity contribution < 1.29 is 0 Å². The van der Waals surface area contributed by atoms with Gasteiger partial charge < -0.3 is 5.32 Å². The smallest absolute Gasteiger partial charge is 0.0641 e. The van der Waals surface area contributed by atoms with Crippen molar-refractivity contribution in [1.82, 2.24) is 15.1 Å². The Morgan fingerprint density at radius 1 is 1.26 bits per heavy atom. The van der Waals surface area contributed by atoms with Crippen molar-refractivity contribution in [2.45, 2.75) is 65.5 Å². The quantitative estimate of drug-likeness (QED) is 0.899. The Labute approximate surface area is 117 Å². The highest BCUT2D eigenvalue weighted by molar-refractivity contribution is 5.19. The topological polar surface area (TPSA) is 29.9 Å². The number of nitrogens with zero attached hydrogens (tertiary/aromatic N) is 2. The average molecular weight is 263 g/mol. The van der Waals surface area contributed by atoms with E-state index in [0.29, 0.717) is 12.1 Å². The molecule has 1 aromatic heterocycles. The molecule has 1 N–H and O–H groups in total. The molecule has 3 nitrogen and oxygen atoms in total. The molecule has 1 fully saturated rings. The van der Waals surface area contributed by atoms with Gasteiger partial charge in [-0.2, -0.15) is 5.10 Å². The number of hydrogen-bond acceptors (Lipinski definition) is 2. The van der Waals surface area contributed by atoms with E-state index in [0.717, 1.165) is 17.5 Å². The van der Waals surface area contributed by atoms with Gasteiger partial charge in [-0.25, -0.2) is 0 Å². The van der Waals surface area contributed by atoms with E-state index >= 15 is 0 Å². The van der Waals surface area contributed by atoms with Gasteiger partial charge in [0.15, 0.2) is 0 Å². The number of aryl methyl sites for hydroxylation is 2. The third-order valence-corrected chi connectivity index (χ3v) is 4.66. The van der Waals surface area contributed by atoms with E-state index in [4.69, 9.17) is 0 Å². The molecule has 1 saturated carbocycles. The van der Waals surface area contributed by atoms with Gasteiger partial charge in [0.1, 0.15) is 0 Å². The van der Waals surface area contributed by atoms with Gasteiger partial charge >= 0.3 is 0 Å². The zero-order chi connectivity index (χ0) is 14.0. The van der Waals surface area contributed by atoms with Crippen molar-refractivity contribution in [3.63, 3.8) is 0 Å². The first-order valence-electron chi connectivity index (χ1n) is 7.75. The lowest BCUT2D eigenvalue weighted by atomic mass is 9.77. The summed E-state index contributed by atoms with van der Waals surface area (Å²) in [5.41, 5.74) is 2.50. The summed E-state index contributed by atoms with van der Waals surface area (Å²) in [4.78, 5) is 0. The molecule has 19 heavy (non-hydrogen) atoms. The van der Waals surface area contributed by atoms with E-state index in [1.165, 1.54) is 31.2 Å². The fourth-order valence-corrected chi connectivity index (χ4v) is 3.62. The van der Waals surface area contributed by atoms with Crippen molar-refractivity contribution in [2.24, 2.45) is 18.9 Å². The van der Waals surface area contributed by atoms with Gasteiger partial charge in [-0.1, -0.05) is 26.7 Å². The second-order valence-corrected chi connectivity index (χ2v) is 6.53. The summed E-state index contributed by atoms with van der Waals surface area (Å²) in [5.74, 6) is 1.60. The van der Waals surface area contributed by atoms with Gasteiger partial charge in [-0.15, -0.1) is 0 Å². The average Bonchev–Trinajstić information content (AvgIpc) is 2.69. The molecular formula is C16H29N3. The molecule has 1 heterocycles. The first-order valence-corrected chi connectivity index (χ1v) is 7.75. The number of rotatable bonds is 4. The summed E-state index contributed by atoms with van der Waals surface area (Å²) < 4.78 is 1.92. The standard InChI is InChI=1S/C16H29N3/c1-11(2)14-8-6-7-9-16(14)17-12(3)15-10-19(5)18-13(15)4/h10-12,14,16-17H,6-9H2,1-5H3. The number of aromatic nitrogens is 2. The van der Waals surface area contributed by atoms with Gasteiger partial charge in [0.25, 0.3) is 0 Å². The summed E-state index contributed by atoms with van der Waals surface area (Å²) in [6.07, 6.45) is 7.64. The SMILES string of the molecule is Cc1nn(C)cc1C(C)NC1CCCCC1C(C)C. The van der Waals surface area contributed by atoms with Crippen LogP contribution >= 0.6 is 0 Å². The van der Waals surface area contributed by atoms with Crippen molar-refractivity contribution in [3.8, 4) is 0 Å². The highest BCUT2D eigenvalue weighted by Gasteiger charge is 2.28. The van der Waals surface area contributed by atoms with E-state index in [1.807, 2.05) is 11.7 Å². The molecule has 3 unspecified atom stereocenters. The molecule has 0 radical (unpaired) electrons. The van der Waals surface area contributed by atoms with Crippen LogP contribution in [0.3, 0.4) is 0 Å². The van der Waals surface area contributed by atoms with Gasteiger partial charge in [0, 0.05) is 30.9 Å². The third-order valence-electron chi connectivity index (χ3n) is 4.66. The Morgan fingerprint density at radius 3 is 2.53 bits per heavy atom. The van der Waals surface area contributed by atoms with Crippen LogP contribution < -0.4 is 5.32 Å². The van der Waals surface area contributed by atoms with Crippen LogP contribution in [0.25, 0.3) is 0 Å². The Balaban J connectivity index is 2.04. The van der Waals surface area contributed by atoms with Gasteiger partial charge in [-0.05, 0) is 38.5 Å². The first kappa shape index (κ1) is 14.6. The van der Waals surface area contributed by atoms with Gasteiger partial charge in [-0.3, -0.25) is 4.68 Å². The molecule has 0 amide bonds. The normalized spacial score (nSPS) is 25.8. The summed E-state index contributed by atoms with van der Waals surface area (Å²) in [6, 6.07) is 1.07. The maximum Gasteiger partial charge on any atom is 0.0641 e. The second-order valence-electron chi connectivity index (χ2n) is 6.53. The molecule has 0 saturated heterocycles. The maximum absolute atomic E-state index is 4.46. The summed E-state index contributed by atoms with van der Waals surface area (Å²) >= 11 is 0. The minimum absolute atomic E-state index is 0.401. The van der Waals surface area contributed by atoms with Crippen LogP contribution in [0.1, 0.15) is 63.8 Å². The molecule has 0 bridgehead atoms. The predicted molar refractivity (Wildman–Crippen MR) is 80.1 cm³/mol. The van der Waals surface area contributed by atoms with Gasteiger partial charge in [0.05, 0.1) is 5.69 Å². The Kier molecular flexibility index (Phi) is 4.67. The van der Waals surface area contributed by atoms with Crippen molar-refractivity contribution in [3.05, 3.63) is 17.5 Å². The van der Waals surface area contributed by atoms with Crippen LogP contribution in [-0.4, -0.2) is 15.8 Å². The second kappa shape index (κ2) is 6.08. The lowest BCUT2D eigenvalue weighted by Gasteiger charge is -2.36. The van der Waals surface area contributed by atoms with Gasteiger partial charge in [0.2, 0.25) is 0 Å². The van der Waals surface area contributed by atoms with Crippen LogP contribution in [-0.2, 0) is 7.05 Å². The van der Waals surface area contributed by atoms with E-state index < -0.39 is 0 Å². The van der Waals surface area contributed by atoms with Crippen molar-refractivity contribution in [1.29, 1.82) is 0 Å². The third kappa shape index (κ3) is 3.38. The van der Waals surface area contributed by atoms with E-state index in [1.54, 1.807) is 0 Å². The monoisotopic (exact) mass is 263 g/mol. The molecule has 3 heteroatoms. The molecule has 2 rings (SSSR count). The summed E-state index contributed by atoms with van der Waals surface area (Å²) in [5, 5.41) is 8.32. The molecule has 0 aliphatic heterocycles. The lowest BCUT2D eigenvalue weighted by Crippen LogP contribution is -2.42. The van der Waals surface area contributed by atoms with Crippen molar-refractivity contribution >= 4 is 0 Å². The lowest BCUT2D eigenvalue weighted by molar-refractivity contribution is 0.194. The highest BCUT2D eigenvalue weighted by atomic mass is 15.3. The zero-order valence-electron chi connectivity index (χ0n) is 13.1. The Morgan fingerprint density at radius 2 is 1.95 bits per heavy atom. The van der Waals surface area contributed by atoms with Crippen LogP contribution in [0.15, 0.2) is 6.20 Å². The summed E-state index contributed by atoms with van der Waals surface area (Å²) in [6.45, 7) is 9.11. The minimum Gasteiger partial charge on any atom is -0.307 e. The molecule has 0 aromatic carbocycles. The first-order chi connectivity index (χ1) is 8.99. The van der Waals surface area contributed by atoms with E-state index in [9.17, 15) is 0 Å². The fourth-order valence-electron chi connectivity index (χ4n) is 3.62. The van der Waals surface area contributed by atoms with Crippen LogP contribution in [0.5, 0.6) is 0 Å². The number of hydrogen-bond donors (Lipinski definition) is 1. The minimum atomic E-state index is 0.401. The maximum atomic E-state index is 4.46. The molecule has 1 aliphatic carbocycles. The molecule has 3 atom stereocenters. The molecule has 1 aromatic rings. The van der Waals surface area contributed by atoms with E-state index in [-0.39, 0.29) is 0 Å².